The van der Waals surface area contributed by atoms with Crippen molar-refractivity contribution >= 4 is 17.2 Å². The van der Waals surface area contributed by atoms with Gasteiger partial charge in [0.15, 0.2) is 11.6 Å². The summed E-state index contributed by atoms with van der Waals surface area (Å²) >= 11 is 0. The molecule has 4 rings (SSSR count). The van der Waals surface area contributed by atoms with Crippen LogP contribution in [0.5, 0.6) is 0 Å². The van der Waals surface area contributed by atoms with Crippen LogP contribution in [0.1, 0.15) is 0 Å². The van der Waals surface area contributed by atoms with Gasteiger partial charge >= 0.3 is 0 Å². The van der Waals surface area contributed by atoms with Crippen molar-refractivity contribution in [3.05, 3.63) is 54.9 Å². The SMILES string of the molecule is Nc1c(N2CCN(c3ccc(F)cc3)CC2)ncnc1-n1cccn1. The summed E-state index contributed by atoms with van der Waals surface area (Å²) in [6, 6.07) is 8.41. The predicted octanol–water partition coefficient (Wildman–Crippen LogP) is 1.71. The molecule has 0 spiro atoms. The van der Waals surface area contributed by atoms with Gasteiger partial charge in [-0.1, -0.05) is 0 Å². The van der Waals surface area contributed by atoms with Gasteiger partial charge < -0.3 is 15.5 Å². The molecule has 128 valence electrons. The molecule has 0 aliphatic carbocycles. The molecule has 1 aliphatic heterocycles. The largest absolute Gasteiger partial charge is 0.393 e. The maximum absolute atomic E-state index is 13.1. The Balaban J connectivity index is 1.51. The number of hydrogen-bond acceptors (Lipinski definition) is 6. The van der Waals surface area contributed by atoms with E-state index in [2.05, 4.69) is 24.9 Å². The second-order valence-corrected chi connectivity index (χ2v) is 5.84. The highest BCUT2D eigenvalue weighted by atomic mass is 19.1. The Morgan fingerprint density at radius 2 is 1.60 bits per heavy atom. The summed E-state index contributed by atoms with van der Waals surface area (Å²) < 4.78 is 14.7. The number of nitrogen functional groups attached to an aromatic ring is 1. The van der Waals surface area contributed by atoms with Crippen molar-refractivity contribution in [2.24, 2.45) is 0 Å². The van der Waals surface area contributed by atoms with E-state index in [-0.39, 0.29) is 5.82 Å². The molecule has 0 bridgehead atoms. The molecule has 2 aromatic heterocycles. The Morgan fingerprint density at radius 3 is 2.28 bits per heavy atom. The van der Waals surface area contributed by atoms with Gasteiger partial charge in [-0.05, 0) is 30.3 Å². The summed E-state index contributed by atoms with van der Waals surface area (Å²) in [7, 11) is 0. The molecular weight excluding hydrogens is 321 g/mol. The zero-order valence-corrected chi connectivity index (χ0v) is 13.6. The van der Waals surface area contributed by atoms with E-state index in [1.165, 1.54) is 18.5 Å². The summed E-state index contributed by atoms with van der Waals surface area (Å²) in [5.74, 6) is 1.08. The van der Waals surface area contributed by atoms with Gasteiger partial charge in [0.05, 0.1) is 0 Å². The fourth-order valence-electron chi connectivity index (χ4n) is 3.03. The number of anilines is 3. The van der Waals surface area contributed by atoms with Gasteiger partial charge in [0.1, 0.15) is 17.8 Å². The van der Waals surface area contributed by atoms with Crippen molar-refractivity contribution in [3.63, 3.8) is 0 Å². The summed E-state index contributed by atoms with van der Waals surface area (Å²) in [5, 5.41) is 4.18. The number of hydrogen-bond donors (Lipinski definition) is 1. The van der Waals surface area contributed by atoms with E-state index in [1.54, 1.807) is 29.2 Å². The van der Waals surface area contributed by atoms with Crippen LogP contribution in [0, 0.1) is 5.82 Å². The molecule has 0 radical (unpaired) electrons. The fourth-order valence-corrected chi connectivity index (χ4v) is 3.03. The van der Waals surface area contributed by atoms with Crippen LogP contribution in [0.15, 0.2) is 49.1 Å². The maximum atomic E-state index is 13.1. The first-order valence-electron chi connectivity index (χ1n) is 8.08. The monoisotopic (exact) mass is 339 g/mol. The standard InChI is InChI=1S/C17H18FN7/c18-13-2-4-14(5-3-13)23-8-10-24(11-9-23)16-15(19)17(21-12-20-16)25-7-1-6-22-25/h1-7,12H,8-11,19H2. The number of nitrogens with zero attached hydrogens (tertiary/aromatic N) is 6. The molecule has 3 aromatic rings. The molecule has 3 heterocycles. The van der Waals surface area contributed by atoms with E-state index in [1.807, 2.05) is 6.07 Å². The third kappa shape index (κ3) is 2.98. The van der Waals surface area contributed by atoms with Crippen molar-refractivity contribution in [3.8, 4) is 5.82 Å². The van der Waals surface area contributed by atoms with Gasteiger partial charge in [0, 0.05) is 44.3 Å². The highest BCUT2D eigenvalue weighted by Crippen LogP contribution is 2.26. The van der Waals surface area contributed by atoms with Gasteiger partial charge in [0.25, 0.3) is 0 Å². The van der Waals surface area contributed by atoms with E-state index in [0.29, 0.717) is 11.5 Å². The molecule has 0 unspecified atom stereocenters. The van der Waals surface area contributed by atoms with Crippen LogP contribution < -0.4 is 15.5 Å². The lowest BCUT2D eigenvalue weighted by molar-refractivity contribution is 0.624. The number of piperazine rings is 1. The molecule has 7 nitrogen and oxygen atoms in total. The Morgan fingerprint density at radius 1 is 0.920 bits per heavy atom. The minimum Gasteiger partial charge on any atom is -0.393 e. The minimum absolute atomic E-state index is 0.220. The quantitative estimate of drug-likeness (QED) is 0.783. The van der Waals surface area contributed by atoms with Crippen LogP contribution in [-0.2, 0) is 0 Å². The Hall–Kier alpha value is -3.16. The van der Waals surface area contributed by atoms with Crippen LogP contribution in [0.2, 0.25) is 0 Å². The van der Waals surface area contributed by atoms with Gasteiger partial charge in [-0.3, -0.25) is 0 Å². The van der Waals surface area contributed by atoms with Crippen molar-refractivity contribution in [1.29, 1.82) is 0 Å². The number of nitrogens with two attached hydrogens (primary N) is 1. The van der Waals surface area contributed by atoms with Crippen LogP contribution in [0.4, 0.5) is 21.6 Å². The van der Waals surface area contributed by atoms with Gasteiger partial charge in [-0.15, -0.1) is 0 Å². The maximum Gasteiger partial charge on any atom is 0.181 e. The summed E-state index contributed by atoms with van der Waals surface area (Å²) in [4.78, 5) is 13.0. The first-order chi connectivity index (χ1) is 12.2. The van der Waals surface area contributed by atoms with Crippen molar-refractivity contribution < 1.29 is 4.39 Å². The highest BCUT2D eigenvalue weighted by molar-refractivity contribution is 5.70. The smallest absolute Gasteiger partial charge is 0.181 e. The van der Waals surface area contributed by atoms with Crippen LogP contribution in [0.25, 0.3) is 5.82 Å². The van der Waals surface area contributed by atoms with Crippen LogP contribution >= 0.6 is 0 Å². The number of benzene rings is 1. The zero-order valence-electron chi connectivity index (χ0n) is 13.6. The van der Waals surface area contributed by atoms with E-state index < -0.39 is 0 Å². The van der Waals surface area contributed by atoms with Crippen molar-refractivity contribution in [1.82, 2.24) is 19.7 Å². The van der Waals surface area contributed by atoms with E-state index in [9.17, 15) is 4.39 Å². The molecule has 2 N–H and O–H groups in total. The molecular formula is C17H18FN7. The summed E-state index contributed by atoms with van der Waals surface area (Å²) in [6.45, 7) is 3.17. The molecule has 1 fully saturated rings. The van der Waals surface area contributed by atoms with Crippen LogP contribution in [-0.4, -0.2) is 45.9 Å². The van der Waals surface area contributed by atoms with Gasteiger partial charge in [-0.25, -0.2) is 19.0 Å². The Bertz CT molecular complexity index is 840. The van der Waals surface area contributed by atoms with Crippen molar-refractivity contribution in [2.45, 2.75) is 0 Å². The fraction of sp³-hybridized carbons (Fsp3) is 0.235. The molecule has 1 aromatic carbocycles. The molecule has 8 heteroatoms. The van der Waals surface area contributed by atoms with E-state index >= 15 is 0 Å². The Kier molecular flexibility index (Phi) is 3.93. The first-order valence-corrected chi connectivity index (χ1v) is 8.08. The Labute approximate surface area is 144 Å². The molecule has 0 atom stereocenters. The lowest BCUT2D eigenvalue weighted by Gasteiger charge is -2.37. The van der Waals surface area contributed by atoms with Gasteiger partial charge in [0.2, 0.25) is 0 Å². The summed E-state index contributed by atoms with van der Waals surface area (Å²) in [6.07, 6.45) is 4.99. The van der Waals surface area contributed by atoms with E-state index in [4.69, 9.17) is 5.73 Å². The average molecular weight is 339 g/mol. The average Bonchev–Trinajstić information content (AvgIpc) is 3.17. The van der Waals surface area contributed by atoms with Gasteiger partial charge in [-0.2, -0.15) is 5.10 Å². The molecule has 0 saturated carbocycles. The summed E-state index contributed by atoms with van der Waals surface area (Å²) in [5.41, 5.74) is 7.82. The second kappa shape index (κ2) is 6.39. The molecule has 1 saturated heterocycles. The normalized spacial score (nSPS) is 14.8. The van der Waals surface area contributed by atoms with E-state index in [0.717, 1.165) is 37.7 Å². The topological polar surface area (TPSA) is 76.1 Å². The second-order valence-electron chi connectivity index (χ2n) is 5.84. The predicted molar refractivity (Wildman–Crippen MR) is 94.4 cm³/mol. The molecule has 0 amide bonds. The number of halogens is 1. The number of rotatable bonds is 3. The highest BCUT2D eigenvalue weighted by Gasteiger charge is 2.22. The first kappa shape index (κ1) is 15.4. The third-order valence-electron chi connectivity index (χ3n) is 4.33. The molecule has 1 aliphatic rings. The van der Waals surface area contributed by atoms with Crippen LogP contribution in [0.3, 0.4) is 0 Å². The zero-order chi connectivity index (χ0) is 17.2. The lowest BCUT2D eigenvalue weighted by Crippen LogP contribution is -2.47. The number of aromatic nitrogens is 4. The molecule has 25 heavy (non-hydrogen) atoms. The lowest BCUT2D eigenvalue weighted by atomic mass is 10.2. The van der Waals surface area contributed by atoms with Crippen molar-refractivity contribution in [2.75, 3.05) is 41.7 Å². The third-order valence-corrected chi connectivity index (χ3v) is 4.33. The minimum atomic E-state index is -0.220.